The van der Waals surface area contributed by atoms with Gasteiger partial charge in [-0.1, -0.05) is 37.6 Å². The molecule has 3 heteroatoms. The first-order valence-corrected chi connectivity index (χ1v) is 7.68. The van der Waals surface area contributed by atoms with Crippen LogP contribution < -0.4 is 5.32 Å². The SMILES string of the molecule is CC(C)C1CN(C(C)c2cccc(Cl)c2)CCCN1. The summed E-state index contributed by atoms with van der Waals surface area (Å²) in [6.45, 7) is 10.3. The maximum atomic E-state index is 6.11. The van der Waals surface area contributed by atoms with Crippen LogP contribution in [0.2, 0.25) is 5.02 Å². The molecule has 0 aliphatic carbocycles. The highest BCUT2D eigenvalue weighted by Crippen LogP contribution is 2.24. The molecule has 19 heavy (non-hydrogen) atoms. The molecule has 1 heterocycles. The van der Waals surface area contributed by atoms with Gasteiger partial charge in [-0.25, -0.2) is 0 Å². The average molecular weight is 281 g/mol. The Morgan fingerprint density at radius 3 is 2.79 bits per heavy atom. The molecule has 1 aromatic carbocycles. The van der Waals surface area contributed by atoms with E-state index < -0.39 is 0 Å². The van der Waals surface area contributed by atoms with Gasteiger partial charge < -0.3 is 5.32 Å². The summed E-state index contributed by atoms with van der Waals surface area (Å²) in [5.74, 6) is 0.673. The maximum absolute atomic E-state index is 6.11. The zero-order chi connectivity index (χ0) is 13.8. The van der Waals surface area contributed by atoms with Gasteiger partial charge in [0.25, 0.3) is 0 Å². The molecule has 0 spiro atoms. The van der Waals surface area contributed by atoms with Crippen LogP contribution in [0.1, 0.15) is 38.8 Å². The second-order valence-electron chi connectivity index (χ2n) is 5.88. The zero-order valence-corrected chi connectivity index (χ0v) is 13.0. The van der Waals surface area contributed by atoms with Crippen LogP contribution in [0.25, 0.3) is 0 Å². The first-order valence-electron chi connectivity index (χ1n) is 7.31. The number of nitrogens with zero attached hydrogens (tertiary/aromatic N) is 1. The van der Waals surface area contributed by atoms with Crippen molar-refractivity contribution in [3.05, 3.63) is 34.9 Å². The smallest absolute Gasteiger partial charge is 0.0409 e. The molecule has 0 saturated carbocycles. The zero-order valence-electron chi connectivity index (χ0n) is 12.2. The molecule has 0 amide bonds. The third kappa shape index (κ3) is 3.95. The molecule has 1 aliphatic heterocycles. The van der Waals surface area contributed by atoms with E-state index >= 15 is 0 Å². The minimum absolute atomic E-state index is 0.430. The number of rotatable bonds is 3. The van der Waals surface area contributed by atoms with Crippen LogP contribution >= 0.6 is 11.6 Å². The fourth-order valence-electron chi connectivity index (χ4n) is 2.75. The molecule has 1 N–H and O–H groups in total. The monoisotopic (exact) mass is 280 g/mol. The van der Waals surface area contributed by atoms with Crippen molar-refractivity contribution in [1.29, 1.82) is 0 Å². The van der Waals surface area contributed by atoms with Crippen molar-refractivity contribution in [3.8, 4) is 0 Å². The van der Waals surface area contributed by atoms with Gasteiger partial charge in [0.1, 0.15) is 0 Å². The Morgan fingerprint density at radius 1 is 1.32 bits per heavy atom. The van der Waals surface area contributed by atoms with Gasteiger partial charge in [0.15, 0.2) is 0 Å². The van der Waals surface area contributed by atoms with Crippen molar-refractivity contribution < 1.29 is 0 Å². The van der Waals surface area contributed by atoms with Gasteiger partial charge in [0, 0.05) is 30.2 Å². The summed E-state index contributed by atoms with van der Waals surface area (Å²) >= 11 is 6.11. The second-order valence-corrected chi connectivity index (χ2v) is 6.32. The van der Waals surface area contributed by atoms with Crippen LogP contribution in [-0.4, -0.2) is 30.6 Å². The fourth-order valence-corrected chi connectivity index (χ4v) is 2.95. The van der Waals surface area contributed by atoms with Crippen molar-refractivity contribution in [2.75, 3.05) is 19.6 Å². The van der Waals surface area contributed by atoms with Gasteiger partial charge in [-0.2, -0.15) is 0 Å². The van der Waals surface area contributed by atoms with E-state index in [1.165, 1.54) is 12.0 Å². The third-order valence-electron chi connectivity index (χ3n) is 4.14. The van der Waals surface area contributed by atoms with Gasteiger partial charge in [0.05, 0.1) is 0 Å². The second kappa shape index (κ2) is 6.74. The topological polar surface area (TPSA) is 15.3 Å². The van der Waals surface area contributed by atoms with Crippen molar-refractivity contribution in [1.82, 2.24) is 10.2 Å². The minimum atomic E-state index is 0.430. The van der Waals surface area contributed by atoms with E-state index in [-0.39, 0.29) is 0 Å². The number of halogens is 1. The van der Waals surface area contributed by atoms with Gasteiger partial charge >= 0.3 is 0 Å². The molecule has 1 aliphatic rings. The molecule has 2 nitrogen and oxygen atoms in total. The summed E-state index contributed by atoms with van der Waals surface area (Å²) in [4.78, 5) is 2.58. The summed E-state index contributed by atoms with van der Waals surface area (Å²) in [7, 11) is 0. The summed E-state index contributed by atoms with van der Waals surface area (Å²) in [6.07, 6.45) is 1.22. The van der Waals surface area contributed by atoms with Gasteiger partial charge in [-0.3, -0.25) is 4.90 Å². The van der Waals surface area contributed by atoms with Crippen molar-refractivity contribution >= 4 is 11.6 Å². The average Bonchev–Trinajstić information content (AvgIpc) is 2.63. The maximum Gasteiger partial charge on any atom is 0.0409 e. The van der Waals surface area contributed by atoms with Gasteiger partial charge in [0.2, 0.25) is 0 Å². The lowest BCUT2D eigenvalue weighted by molar-refractivity contribution is 0.192. The third-order valence-corrected chi connectivity index (χ3v) is 4.38. The predicted molar refractivity (Wildman–Crippen MR) is 82.7 cm³/mol. The summed E-state index contributed by atoms with van der Waals surface area (Å²) in [5.41, 5.74) is 1.32. The Labute approximate surface area is 122 Å². The lowest BCUT2D eigenvalue weighted by Crippen LogP contribution is -2.42. The van der Waals surface area contributed by atoms with Crippen molar-refractivity contribution in [2.24, 2.45) is 5.92 Å². The Hall–Kier alpha value is -0.570. The molecular weight excluding hydrogens is 256 g/mol. The highest BCUT2D eigenvalue weighted by atomic mass is 35.5. The van der Waals surface area contributed by atoms with E-state index in [4.69, 9.17) is 11.6 Å². The minimum Gasteiger partial charge on any atom is -0.312 e. The van der Waals surface area contributed by atoms with E-state index in [1.54, 1.807) is 0 Å². The van der Waals surface area contributed by atoms with Crippen LogP contribution in [0.15, 0.2) is 24.3 Å². The molecule has 0 radical (unpaired) electrons. The predicted octanol–water partition coefficient (Wildman–Crippen LogP) is 3.72. The van der Waals surface area contributed by atoms with E-state index in [0.717, 1.165) is 24.7 Å². The molecular formula is C16H25ClN2. The Bertz CT molecular complexity index is 405. The van der Waals surface area contributed by atoms with Gasteiger partial charge in [-0.15, -0.1) is 0 Å². The summed E-state index contributed by atoms with van der Waals surface area (Å²) in [6, 6.07) is 9.28. The molecule has 2 atom stereocenters. The van der Waals surface area contributed by atoms with Gasteiger partial charge in [-0.05, 0) is 43.5 Å². The largest absolute Gasteiger partial charge is 0.312 e. The normalized spacial score (nSPS) is 23.3. The molecule has 2 unspecified atom stereocenters. The molecule has 1 fully saturated rings. The van der Waals surface area contributed by atoms with Crippen molar-refractivity contribution in [2.45, 2.75) is 39.3 Å². The number of hydrogen-bond acceptors (Lipinski definition) is 2. The first-order chi connectivity index (χ1) is 9.08. The molecule has 0 bridgehead atoms. The number of benzene rings is 1. The van der Waals surface area contributed by atoms with E-state index in [0.29, 0.717) is 18.0 Å². The van der Waals surface area contributed by atoms with Crippen LogP contribution in [0, 0.1) is 5.92 Å². The standard InChI is InChI=1S/C16H25ClN2/c1-12(2)16-11-19(9-5-8-18-16)13(3)14-6-4-7-15(17)10-14/h4,6-7,10,12-13,16,18H,5,8-9,11H2,1-3H3. The van der Waals surface area contributed by atoms with Crippen LogP contribution in [-0.2, 0) is 0 Å². The van der Waals surface area contributed by atoms with Crippen LogP contribution in [0.4, 0.5) is 0 Å². The van der Waals surface area contributed by atoms with Crippen LogP contribution in [0.3, 0.4) is 0 Å². The quantitative estimate of drug-likeness (QED) is 0.908. The van der Waals surface area contributed by atoms with Crippen LogP contribution in [0.5, 0.6) is 0 Å². The van der Waals surface area contributed by atoms with Crippen molar-refractivity contribution in [3.63, 3.8) is 0 Å². The molecule has 1 aromatic rings. The first kappa shape index (κ1) is 14.8. The molecule has 2 rings (SSSR count). The summed E-state index contributed by atoms with van der Waals surface area (Å²) in [5, 5.41) is 4.49. The lowest BCUT2D eigenvalue weighted by Gasteiger charge is -2.32. The number of nitrogens with one attached hydrogen (secondary N) is 1. The lowest BCUT2D eigenvalue weighted by atomic mass is 10.0. The molecule has 106 valence electrons. The van der Waals surface area contributed by atoms with E-state index in [1.807, 2.05) is 12.1 Å². The molecule has 1 saturated heterocycles. The highest BCUT2D eigenvalue weighted by Gasteiger charge is 2.24. The van der Waals surface area contributed by atoms with E-state index in [9.17, 15) is 0 Å². The Balaban J connectivity index is 2.10. The number of hydrogen-bond donors (Lipinski definition) is 1. The molecule has 0 aromatic heterocycles. The van der Waals surface area contributed by atoms with E-state index in [2.05, 4.69) is 43.1 Å². The fraction of sp³-hybridized carbons (Fsp3) is 0.625. The summed E-state index contributed by atoms with van der Waals surface area (Å²) < 4.78 is 0. The Morgan fingerprint density at radius 2 is 2.11 bits per heavy atom. The highest BCUT2D eigenvalue weighted by molar-refractivity contribution is 6.30. The Kier molecular flexibility index (Phi) is 5.26.